The topological polar surface area (TPSA) is 30.7 Å². The first-order valence-electron chi connectivity index (χ1n) is 5.77. The number of aromatic nitrogens is 3. The normalized spacial score (nSPS) is 11.0. The van der Waals surface area contributed by atoms with Crippen LogP contribution in [0.4, 0.5) is 0 Å². The molecule has 3 nitrogen and oxygen atoms in total. The molecule has 2 heterocycles. The van der Waals surface area contributed by atoms with E-state index in [1.165, 1.54) is 5.56 Å². The van der Waals surface area contributed by atoms with Crippen LogP contribution in [0, 0.1) is 6.92 Å². The summed E-state index contributed by atoms with van der Waals surface area (Å²) in [5.74, 6) is 0.948. The molecule has 4 heteroatoms. The van der Waals surface area contributed by atoms with Crippen molar-refractivity contribution in [2.24, 2.45) is 0 Å². The summed E-state index contributed by atoms with van der Waals surface area (Å²) >= 11 is 5.95. The van der Waals surface area contributed by atoms with Gasteiger partial charge >= 0.3 is 0 Å². The zero-order valence-electron chi connectivity index (χ0n) is 9.97. The van der Waals surface area contributed by atoms with Crippen molar-refractivity contribution in [2.75, 3.05) is 0 Å². The number of rotatable bonds is 2. The highest BCUT2D eigenvalue weighted by molar-refractivity contribution is 6.29. The molecule has 0 aliphatic carbocycles. The van der Waals surface area contributed by atoms with Gasteiger partial charge in [-0.1, -0.05) is 41.9 Å². The SMILES string of the molecule is Cc1nc2ccc(Cl)nc2n1Cc1ccccc1. The summed E-state index contributed by atoms with van der Waals surface area (Å²) < 4.78 is 2.08. The lowest BCUT2D eigenvalue weighted by atomic mass is 10.2. The summed E-state index contributed by atoms with van der Waals surface area (Å²) in [4.78, 5) is 8.85. The van der Waals surface area contributed by atoms with E-state index >= 15 is 0 Å². The summed E-state index contributed by atoms with van der Waals surface area (Å²) in [6.45, 7) is 2.75. The van der Waals surface area contributed by atoms with Gasteiger partial charge in [0.1, 0.15) is 16.5 Å². The lowest BCUT2D eigenvalue weighted by molar-refractivity contribution is 0.777. The van der Waals surface area contributed by atoms with E-state index in [0.717, 1.165) is 23.5 Å². The second-order valence-corrected chi connectivity index (χ2v) is 4.59. The fraction of sp³-hybridized carbons (Fsp3) is 0.143. The molecule has 18 heavy (non-hydrogen) atoms. The van der Waals surface area contributed by atoms with Crippen molar-refractivity contribution in [2.45, 2.75) is 13.5 Å². The Hall–Kier alpha value is -1.87. The minimum absolute atomic E-state index is 0.497. The molecule has 0 saturated heterocycles. The van der Waals surface area contributed by atoms with Gasteiger partial charge in [0.2, 0.25) is 0 Å². The predicted octanol–water partition coefficient (Wildman–Crippen LogP) is 3.44. The Kier molecular flexibility index (Phi) is 2.76. The molecule has 3 rings (SSSR count). The maximum Gasteiger partial charge on any atom is 0.162 e. The number of aryl methyl sites for hydroxylation is 1. The van der Waals surface area contributed by atoms with Crippen molar-refractivity contribution < 1.29 is 0 Å². The lowest BCUT2D eigenvalue weighted by Crippen LogP contribution is -2.02. The quantitative estimate of drug-likeness (QED) is 0.659. The molecule has 0 radical (unpaired) electrons. The van der Waals surface area contributed by atoms with Crippen LogP contribution in [0.15, 0.2) is 42.5 Å². The number of imidazole rings is 1. The number of nitrogens with zero attached hydrogens (tertiary/aromatic N) is 3. The molecule has 3 aromatic rings. The van der Waals surface area contributed by atoms with Gasteiger partial charge in [-0.3, -0.25) is 0 Å². The Balaban J connectivity index is 2.11. The Labute approximate surface area is 110 Å². The largest absolute Gasteiger partial charge is 0.308 e. The predicted molar refractivity (Wildman–Crippen MR) is 72.8 cm³/mol. The van der Waals surface area contributed by atoms with Gasteiger partial charge in [0.15, 0.2) is 5.65 Å². The van der Waals surface area contributed by atoms with Gasteiger partial charge in [0.05, 0.1) is 6.54 Å². The Morgan fingerprint density at radius 3 is 2.61 bits per heavy atom. The van der Waals surface area contributed by atoms with E-state index in [2.05, 4.69) is 26.7 Å². The second-order valence-electron chi connectivity index (χ2n) is 4.21. The molecule has 0 saturated carbocycles. The average molecular weight is 258 g/mol. The first-order valence-corrected chi connectivity index (χ1v) is 6.15. The standard InChI is InChI=1S/C14H12ClN3/c1-10-16-12-7-8-13(15)17-14(12)18(10)9-11-5-3-2-4-6-11/h2-8H,9H2,1H3. The van der Waals surface area contributed by atoms with Crippen LogP contribution in [0.25, 0.3) is 11.2 Å². The summed E-state index contributed by atoms with van der Waals surface area (Å²) in [5.41, 5.74) is 2.94. The fourth-order valence-electron chi connectivity index (χ4n) is 2.05. The summed E-state index contributed by atoms with van der Waals surface area (Å²) in [5, 5.41) is 0.497. The van der Waals surface area contributed by atoms with Gasteiger partial charge < -0.3 is 4.57 Å². The highest BCUT2D eigenvalue weighted by Crippen LogP contribution is 2.18. The van der Waals surface area contributed by atoms with Crippen LogP contribution < -0.4 is 0 Å². The highest BCUT2D eigenvalue weighted by Gasteiger charge is 2.09. The van der Waals surface area contributed by atoms with E-state index in [1.807, 2.05) is 31.2 Å². The third-order valence-electron chi connectivity index (χ3n) is 2.93. The number of hydrogen-bond acceptors (Lipinski definition) is 2. The zero-order valence-corrected chi connectivity index (χ0v) is 10.7. The van der Waals surface area contributed by atoms with Crippen LogP contribution >= 0.6 is 11.6 Å². The van der Waals surface area contributed by atoms with E-state index in [9.17, 15) is 0 Å². The third kappa shape index (κ3) is 1.97. The average Bonchev–Trinajstić information content (AvgIpc) is 2.67. The Bertz CT molecular complexity index is 689. The molecule has 0 unspecified atom stereocenters. The van der Waals surface area contributed by atoms with Crippen LogP contribution in [0.5, 0.6) is 0 Å². The van der Waals surface area contributed by atoms with E-state index in [-0.39, 0.29) is 0 Å². The number of halogens is 1. The van der Waals surface area contributed by atoms with Gasteiger partial charge in [-0.05, 0) is 24.6 Å². The summed E-state index contributed by atoms with van der Waals surface area (Å²) in [6, 6.07) is 13.9. The summed E-state index contributed by atoms with van der Waals surface area (Å²) in [6.07, 6.45) is 0. The maximum absolute atomic E-state index is 5.95. The molecular weight excluding hydrogens is 246 g/mol. The van der Waals surface area contributed by atoms with Gasteiger partial charge in [0.25, 0.3) is 0 Å². The van der Waals surface area contributed by atoms with Crippen molar-refractivity contribution in [3.63, 3.8) is 0 Å². The van der Waals surface area contributed by atoms with Gasteiger partial charge in [-0.15, -0.1) is 0 Å². The van der Waals surface area contributed by atoms with Crippen LogP contribution in [-0.4, -0.2) is 14.5 Å². The van der Waals surface area contributed by atoms with E-state index in [1.54, 1.807) is 6.07 Å². The monoisotopic (exact) mass is 257 g/mol. The minimum Gasteiger partial charge on any atom is -0.308 e. The molecule has 0 aliphatic rings. The van der Waals surface area contributed by atoms with Crippen molar-refractivity contribution >= 4 is 22.8 Å². The molecule has 2 aromatic heterocycles. The molecule has 0 fully saturated rings. The number of hydrogen-bond donors (Lipinski definition) is 0. The van der Waals surface area contributed by atoms with Crippen molar-refractivity contribution in [1.82, 2.24) is 14.5 Å². The number of fused-ring (bicyclic) bond motifs is 1. The zero-order chi connectivity index (χ0) is 12.5. The Morgan fingerprint density at radius 2 is 1.83 bits per heavy atom. The highest BCUT2D eigenvalue weighted by atomic mass is 35.5. The van der Waals surface area contributed by atoms with Crippen molar-refractivity contribution in [1.29, 1.82) is 0 Å². The third-order valence-corrected chi connectivity index (χ3v) is 3.14. The molecule has 0 amide bonds. The van der Waals surface area contributed by atoms with Crippen LogP contribution in [0.2, 0.25) is 5.15 Å². The number of benzene rings is 1. The molecular formula is C14H12ClN3. The van der Waals surface area contributed by atoms with Crippen LogP contribution in [-0.2, 0) is 6.54 Å². The molecule has 0 N–H and O–H groups in total. The Morgan fingerprint density at radius 1 is 1.06 bits per heavy atom. The van der Waals surface area contributed by atoms with E-state index < -0.39 is 0 Å². The number of pyridine rings is 1. The fourth-order valence-corrected chi connectivity index (χ4v) is 2.19. The van der Waals surface area contributed by atoms with E-state index in [4.69, 9.17) is 11.6 Å². The smallest absolute Gasteiger partial charge is 0.162 e. The van der Waals surface area contributed by atoms with Crippen molar-refractivity contribution in [3.05, 3.63) is 59.0 Å². The molecule has 90 valence electrons. The molecule has 0 bridgehead atoms. The molecule has 0 spiro atoms. The second kappa shape index (κ2) is 4.42. The van der Waals surface area contributed by atoms with Crippen LogP contribution in [0.1, 0.15) is 11.4 Å². The van der Waals surface area contributed by atoms with Gasteiger partial charge in [-0.2, -0.15) is 0 Å². The minimum atomic E-state index is 0.497. The van der Waals surface area contributed by atoms with Crippen LogP contribution in [0.3, 0.4) is 0 Å². The first kappa shape index (κ1) is 11.2. The molecule has 0 atom stereocenters. The summed E-state index contributed by atoms with van der Waals surface area (Å²) in [7, 11) is 0. The lowest BCUT2D eigenvalue weighted by Gasteiger charge is -2.06. The maximum atomic E-state index is 5.95. The van der Waals surface area contributed by atoms with E-state index in [0.29, 0.717) is 5.15 Å². The molecule has 0 aliphatic heterocycles. The van der Waals surface area contributed by atoms with Gasteiger partial charge in [-0.25, -0.2) is 9.97 Å². The first-order chi connectivity index (χ1) is 8.74. The van der Waals surface area contributed by atoms with Crippen molar-refractivity contribution in [3.8, 4) is 0 Å². The van der Waals surface area contributed by atoms with Gasteiger partial charge in [0, 0.05) is 0 Å². The molecule has 1 aromatic carbocycles.